The Morgan fingerprint density at radius 1 is 1.15 bits per heavy atom. The summed E-state index contributed by atoms with van der Waals surface area (Å²) in [4.78, 5) is 2.28. The first kappa shape index (κ1) is 13.4. The van der Waals surface area contributed by atoms with E-state index in [2.05, 4.69) is 23.1 Å². The molecule has 20 heavy (non-hydrogen) atoms. The van der Waals surface area contributed by atoms with Crippen LogP contribution in [0.25, 0.3) is 10.8 Å². The van der Waals surface area contributed by atoms with Crippen LogP contribution in [0.4, 0.5) is 0 Å². The number of β-amino-alcohol motifs (C(OH)–C–C–N with tert-alkyl or cyclic N) is 1. The summed E-state index contributed by atoms with van der Waals surface area (Å²) in [5.74, 6) is 0.945. The Morgan fingerprint density at radius 3 is 2.90 bits per heavy atom. The number of piperidine rings is 1. The fourth-order valence-corrected chi connectivity index (χ4v) is 2.84. The zero-order chi connectivity index (χ0) is 13.8. The van der Waals surface area contributed by atoms with Gasteiger partial charge < -0.3 is 9.84 Å². The van der Waals surface area contributed by atoms with E-state index in [0.29, 0.717) is 6.61 Å². The molecule has 1 N–H and O–H groups in total. The predicted molar refractivity (Wildman–Crippen MR) is 81.1 cm³/mol. The highest BCUT2D eigenvalue weighted by molar-refractivity contribution is 5.88. The van der Waals surface area contributed by atoms with Crippen LogP contribution in [0.15, 0.2) is 42.5 Å². The van der Waals surface area contributed by atoms with Crippen molar-refractivity contribution in [1.29, 1.82) is 0 Å². The number of fused-ring (bicyclic) bond motifs is 1. The average molecular weight is 271 g/mol. The number of hydrogen-bond acceptors (Lipinski definition) is 3. The lowest BCUT2D eigenvalue weighted by molar-refractivity contribution is 0.0634. The second kappa shape index (κ2) is 6.25. The Morgan fingerprint density at radius 2 is 2.00 bits per heavy atom. The Balaban J connectivity index is 1.60. The van der Waals surface area contributed by atoms with Crippen molar-refractivity contribution < 1.29 is 9.84 Å². The van der Waals surface area contributed by atoms with Crippen molar-refractivity contribution >= 4 is 10.8 Å². The van der Waals surface area contributed by atoms with E-state index in [-0.39, 0.29) is 6.10 Å². The lowest BCUT2D eigenvalue weighted by atomic mass is 10.1. The molecule has 1 unspecified atom stereocenters. The molecule has 3 heteroatoms. The van der Waals surface area contributed by atoms with Gasteiger partial charge in [0.05, 0.1) is 6.10 Å². The number of hydrogen-bond donors (Lipinski definition) is 1. The molecular formula is C17H21NO2. The lowest BCUT2D eigenvalue weighted by Crippen LogP contribution is -2.40. The molecule has 0 radical (unpaired) electrons. The molecule has 1 aliphatic rings. The van der Waals surface area contributed by atoms with Gasteiger partial charge in [-0.05, 0) is 30.8 Å². The maximum atomic E-state index is 9.65. The van der Waals surface area contributed by atoms with Crippen molar-refractivity contribution in [2.24, 2.45) is 0 Å². The zero-order valence-corrected chi connectivity index (χ0v) is 11.7. The monoisotopic (exact) mass is 271 g/mol. The molecule has 3 nitrogen and oxygen atoms in total. The summed E-state index contributed by atoms with van der Waals surface area (Å²) in [7, 11) is 0. The Bertz CT molecular complexity index is 564. The van der Waals surface area contributed by atoms with Gasteiger partial charge in [-0.15, -0.1) is 0 Å². The fourth-order valence-electron chi connectivity index (χ4n) is 2.84. The van der Waals surface area contributed by atoms with E-state index >= 15 is 0 Å². The van der Waals surface area contributed by atoms with Crippen LogP contribution in [-0.2, 0) is 0 Å². The number of nitrogens with zero attached hydrogens (tertiary/aromatic N) is 1. The third kappa shape index (κ3) is 3.11. The molecule has 1 aliphatic heterocycles. The molecule has 2 aromatic rings. The summed E-state index contributed by atoms with van der Waals surface area (Å²) in [5, 5.41) is 12.0. The van der Waals surface area contributed by atoms with E-state index in [0.717, 1.165) is 43.6 Å². The topological polar surface area (TPSA) is 32.7 Å². The first-order valence-corrected chi connectivity index (χ1v) is 7.34. The second-order valence-electron chi connectivity index (χ2n) is 5.42. The number of rotatable bonds is 4. The lowest BCUT2D eigenvalue weighted by Gasteiger charge is -2.29. The van der Waals surface area contributed by atoms with E-state index < -0.39 is 0 Å². The Labute approximate surface area is 119 Å². The van der Waals surface area contributed by atoms with Gasteiger partial charge in [-0.25, -0.2) is 0 Å². The van der Waals surface area contributed by atoms with Crippen LogP contribution in [0, 0.1) is 0 Å². The maximum Gasteiger partial charge on any atom is 0.127 e. The largest absolute Gasteiger partial charge is 0.492 e. The molecule has 1 saturated heterocycles. The molecule has 2 aromatic carbocycles. The van der Waals surface area contributed by atoms with Crippen LogP contribution in [0.2, 0.25) is 0 Å². The highest BCUT2D eigenvalue weighted by atomic mass is 16.5. The quantitative estimate of drug-likeness (QED) is 0.928. The summed E-state index contributed by atoms with van der Waals surface area (Å²) in [6.45, 7) is 3.38. The minimum absolute atomic E-state index is 0.165. The molecule has 1 fully saturated rings. The minimum Gasteiger partial charge on any atom is -0.492 e. The van der Waals surface area contributed by atoms with Crippen molar-refractivity contribution in [3.8, 4) is 5.75 Å². The molecule has 0 bridgehead atoms. The van der Waals surface area contributed by atoms with Gasteiger partial charge in [0, 0.05) is 18.5 Å². The van der Waals surface area contributed by atoms with Crippen LogP contribution in [0.3, 0.4) is 0 Å². The van der Waals surface area contributed by atoms with Gasteiger partial charge in [-0.3, -0.25) is 4.90 Å². The molecule has 1 heterocycles. The molecule has 1 atom stereocenters. The van der Waals surface area contributed by atoms with Crippen molar-refractivity contribution in [3.63, 3.8) is 0 Å². The molecule has 106 valence electrons. The van der Waals surface area contributed by atoms with Gasteiger partial charge in [-0.2, -0.15) is 0 Å². The van der Waals surface area contributed by atoms with Crippen molar-refractivity contribution in [2.45, 2.75) is 18.9 Å². The Hall–Kier alpha value is -1.58. The van der Waals surface area contributed by atoms with Crippen molar-refractivity contribution in [3.05, 3.63) is 42.5 Å². The minimum atomic E-state index is -0.165. The smallest absolute Gasteiger partial charge is 0.127 e. The first-order chi connectivity index (χ1) is 9.83. The molecule has 0 amide bonds. The number of likely N-dealkylation sites (tertiary alicyclic amines) is 1. The standard InChI is InChI=1S/C17H21NO2/c19-15-7-4-10-18(13-15)11-12-20-17-9-3-6-14-5-1-2-8-16(14)17/h1-3,5-6,8-9,15,19H,4,7,10-13H2. The summed E-state index contributed by atoms with van der Waals surface area (Å²) >= 11 is 0. The van der Waals surface area contributed by atoms with Crippen LogP contribution >= 0.6 is 0 Å². The van der Waals surface area contributed by atoms with Gasteiger partial charge in [0.1, 0.15) is 12.4 Å². The molecule has 3 rings (SSSR count). The Kier molecular flexibility index (Phi) is 4.19. The van der Waals surface area contributed by atoms with E-state index in [1.54, 1.807) is 0 Å². The highest BCUT2D eigenvalue weighted by Gasteiger charge is 2.17. The van der Waals surface area contributed by atoms with Gasteiger partial charge in [0.25, 0.3) is 0 Å². The predicted octanol–water partition coefficient (Wildman–Crippen LogP) is 2.68. The van der Waals surface area contributed by atoms with E-state index in [4.69, 9.17) is 4.74 Å². The summed E-state index contributed by atoms with van der Waals surface area (Å²) in [6, 6.07) is 14.4. The summed E-state index contributed by atoms with van der Waals surface area (Å²) < 4.78 is 5.93. The molecule has 0 saturated carbocycles. The molecule has 0 aliphatic carbocycles. The van der Waals surface area contributed by atoms with Crippen LogP contribution < -0.4 is 4.74 Å². The van der Waals surface area contributed by atoms with Crippen LogP contribution in [0.1, 0.15) is 12.8 Å². The normalized spacial score (nSPS) is 20.1. The van der Waals surface area contributed by atoms with E-state index in [9.17, 15) is 5.11 Å². The van der Waals surface area contributed by atoms with Crippen molar-refractivity contribution in [2.75, 3.05) is 26.2 Å². The third-order valence-electron chi connectivity index (χ3n) is 3.90. The molecular weight excluding hydrogens is 250 g/mol. The number of ether oxygens (including phenoxy) is 1. The van der Waals surface area contributed by atoms with Gasteiger partial charge in [0.2, 0.25) is 0 Å². The average Bonchev–Trinajstić information content (AvgIpc) is 2.48. The van der Waals surface area contributed by atoms with E-state index in [1.165, 1.54) is 5.39 Å². The van der Waals surface area contributed by atoms with E-state index in [1.807, 2.05) is 24.3 Å². The maximum absolute atomic E-state index is 9.65. The van der Waals surface area contributed by atoms with Gasteiger partial charge in [-0.1, -0.05) is 36.4 Å². The highest BCUT2D eigenvalue weighted by Crippen LogP contribution is 2.25. The fraction of sp³-hybridized carbons (Fsp3) is 0.412. The zero-order valence-electron chi connectivity index (χ0n) is 11.7. The number of benzene rings is 2. The molecule has 0 spiro atoms. The first-order valence-electron chi connectivity index (χ1n) is 7.34. The molecule has 0 aromatic heterocycles. The summed E-state index contributed by atoms with van der Waals surface area (Å²) in [6.07, 6.45) is 1.84. The SMILES string of the molecule is OC1CCCN(CCOc2cccc3ccccc23)C1. The van der Waals surface area contributed by atoms with Gasteiger partial charge >= 0.3 is 0 Å². The summed E-state index contributed by atoms with van der Waals surface area (Å²) in [5.41, 5.74) is 0. The third-order valence-corrected chi connectivity index (χ3v) is 3.90. The second-order valence-corrected chi connectivity index (χ2v) is 5.42. The van der Waals surface area contributed by atoms with Crippen LogP contribution in [-0.4, -0.2) is 42.4 Å². The number of aliphatic hydroxyl groups is 1. The van der Waals surface area contributed by atoms with Crippen molar-refractivity contribution in [1.82, 2.24) is 4.90 Å². The van der Waals surface area contributed by atoms with Crippen LogP contribution in [0.5, 0.6) is 5.75 Å². The number of aliphatic hydroxyl groups excluding tert-OH is 1. The van der Waals surface area contributed by atoms with Gasteiger partial charge in [0.15, 0.2) is 0 Å².